The Hall–Kier alpha value is -4.45. The van der Waals surface area contributed by atoms with Crippen molar-refractivity contribution < 1.29 is 9.53 Å². The summed E-state index contributed by atoms with van der Waals surface area (Å²) in [5, 5.41) is 4.33. The Balaban J connectivity index is 1.53. The fourth-order valence-electron chi connectivity index (χ4n) is 5.81. The van der Waals surface area contributed by atoms with Crippen LogP contribution in [-0.2, 0) is 22.1 Å². The smallest absolute Gasteiger partial charge is 0.310 e. The predicted octanol–water partition coefficient (Wildman–Crippen LogP) is 5.13. The van der Waals surface area contributed by atoms with Crippen LogP contribution in [0.5, 0.6) is 0 Å². The minimum Gasteiger partial charge on any atom is -0.469 e. The monoisotopic (exact) mass is 488 g/mol. The number of carbonyl (C=O) groups excluding carboxylic acids is 1. The van der Waals surface area contributed by atoms with Gasteiger partial charge in [-0.2, -0.15) is 5.10 Å². The Morgan fingerprint density at radius 1 is 0.811 bits per heavy atom. The molecular weight excluding hydrogens is 460 g/mol. The van der Waals surface area contributed by atoms with E-state index in [1.165, 1.54) is 7.11 Å². The second-order valence-corrected chi connectivity index (χ2v) is 9.56. The molecular formula is C31H28N4O2. The molecule has 0 saturated heterocycles. The van der Waals surface area contributed by atoms with E-state index in [2.05, 4.69) is 88.7 Å². The molecule has 184 valence electrons. The number of esters is 1. The van der Waals surface area contributed by atoms with Gasteiger partial charge >= 0.3 is 5.97 Å². The first-order valence-corrected chi connectivity index (χ1v) is 12.4. The molecule has 0 bridgehead atoms. The molecule has 1 aliphatic rings. The van der Waals surface area contributed by atoms with Crippen molar-refractivity contribution in [3.05, 3.63) is 144 Å². The van der Waals surface area contributed by atoms with Gasteiger partial charge in [-0.3, -0.25) is 9.48 Å². The zero-order valence-corrected chi connectivity index (χ0v) is 20.8. The van der Waals surface area contributed by atoms with Crippen LogP contribution in [0.4, 0.5) is 0 Å². The summed E-state index contributed by atoms with van der Waals surface area (Å²) >= 11 is 0. The van der Waals surface area contributed by atoms with Gasteiger partial charge in [-0.05, 0) is 22.3 Å². The molecule has 0 aliphatic heterocycles. The number of hydrogen-bond donors (Lipinski definition) is 0. The third-order valence-corrected chi connectivity index (χ3v) is 7.51. The zero-order chi connectivity index (χ0) is 25.4. The minimum atomic E-state index is -0.644. The topological polar surface area (TPSA) is 61.9 Å². The molecule has 0 spiro atoms. The largest absolute Gasteiger partial charge is 0.469 e. The summed E-state index contributed by atoms with van der Waals surface area (Å²) in [5.41, 5.74) is 4.63. The third kappa shape index (κ3) is 3.76. The van der Waals surface area contributed by atoms with Crippen LogP contribution in [-0.4, -0.2) is 32.4 Å². The molecule has 1 fully saturated rings. The average Bonchev–Trinajstić information content (AvgIpc) is 3.24. The molecule has 37 heavy (non-hydrogen) atoms. The molecule has 6 heteroatoms. The van der Waals surface area contributed by atoms with E-state index in [4.69, 9.17) is 9.72 Å². The number of aromatic nitrogens is 4. The van der Waals surface area contributed by atoms with E-state index in [0.717, 1.165) is 27.9 Å². The summed E-state index contributed by atoms with van der Waals surface area (Å²) in [5.74, 6) is -0.576. The maximum atomic E-state index is 12.7. The average molecular weight is 489 g/mol. The highest BCUT2D eigenvalue weighted by molar-refractivity contribution is 5.80. The van der Waals surface area contributed by atoms with Gasteiger partial charge in [0, 0.05) is 31.3 Å². The van der Waals surface area contributed by atoms with Crippen molar-refractivity contribution in [3.8, 4) is 0 Å². The van der Waals surface area contributed by atoms with E-state index < -0.39 is 5.54 Å². The number of rotatable bonds is 7. The number of hydrogen-bond acceptors (Lipinski definition) is 4. The van der Waals surface area contributed by atoms with Crippen LogP contribution in [0, 0.1) is 5.92 Å². The van der Waals surface area contributed by atoms with E-state index in [0.29, 0.717) is 0 Å². The molecule has 6 nitrogen and oxygen atoms in total. The van der Waals surface area contributed by atoms with Gasteiger partial charge in [0.15, 0.2) is 0 Å². The van der Waals surface area contributed by atoms with Gasteiger partial charge in [-0.1, -0.05) is 91.0 Å². The summed E-state index contributed by atoms with van der Waals surface area (Å²) in [6.07, 6.45) is 7.80. The van der Waals surface area contributed by atoms with Crippen LogP contribution < -0.4 is 0 Å². The van der Waals surface area contributed by atoms with Crippen LogP contribution in [0.2, 0.25) is 0 Å². The maximum absolute atomic E-state index is 12.7. The van der Waals surface area contributed by atoms with E-state index in [1.54, 1.807) is 4.68 Å². The van der Waals surface area contributed by atoms with Crippen molar-refractivity contribution in [3.63, 3.8) is 0 Å². The predicted molar refractivity (Wildman–Crippen MR) is 141 cm³/mol. The van der Waals surface area contributed by atoms with Crippen LogP contribution in [0.1, 0.15) is 39.8 Å². The van der Waals surface area contributed by atoms with Crippen molar-refractivity contribution in [1.82, 2.24) is 19.3 Å². The molecule has 0 radical (unpaired) electrons. The van der Waals surface area contributed by atoms with Crippen molar-refractivity contribution in [2.24, 2.45) is 13.0 Å². The molecule has 6 rings (SSSR count). The van der Waals surface area contributed by atoms with E-state index in [9.17, 15) is 4.79 Å². The third-order valence-electron chi connectivity index (χ3n) is 7.51. The first-order valence-electron chi connectivity index (χ1n) is 12.4. The van der Waals surface area contributed by atoms with Gasteiger partial charge in [-0.25, -0.2) is 4.98 Å². The van der Waals surface area contributed by atoms with Gasteiger partial charge < -0.3 is 9.30 Å². The quantitative estimate of drug-likeness (QED) is 0.235. The van der Waals surface area contributed by atoms with Crippen molar-refractivity contribution in [2.75, 3.05) is 7.11 Å². The number of ether oxygens (including phenoxy) is 1. The standard InChI is InChI=1S/C31H28N4O2/c1-34-19-22(18-33-34)27-28(29(27)30(36)37-2)26-20-35(21-32-26)31(23-12-6-3-7-13-23,24-14-8-4-9-15-24)25-16-10-5-11-17-25/h3-21,27-29H,1-2H3. The SMILES string of the molecule is COC(=O)C1C(c2cnn(C)c2)C1c1cn(C(c2ccccc2)(c2ccccc2)c2ccccc2)cn1. The van der Waals surface area contributed by atoms with Gasteiger partial charge in [0.25, 0.3) is 0 Å². The summed E-state index contributed by atoms with van der Waals surface area (Å²) in [7, 11) is 3.33. The molecule has 1 saturated carbocycles. The number of aryl methyl sites for hydroxylation is 1. The molecule has 5 aromatic rings. The second kappa shape index (κ2) is 9.21. The minimum absolute atomic E-state index is 0.0101. The summed E-state index contributed by atoms with van der Waals surface area (Å²) < 4.78 is 9.12. The lowest BCUT2D eigenvalue weighted by molar-refractivity contribution is -0.142. The highest BCUT2D eigenvalue weighted by Gasteiger charge is 2.59. The Morgan fingerprint density at radius 3 is 1.81 bits per heavy atom. The van der Waals surface area contributed by atoms with Crippen molar-refractivity contribution in [2.45, 2.75) is 17.4 Å². The molecule has 3 atom stereocenters. The van der Waals surface area contributed by atoms with Crippen LogP contribution in [0.15, 0.2) is 116 Å². The molecule has 3 unspecified atom stereocenters. The first-order chi connectivity index (χ1) is 18.1. The lowest BCUT2D eigenvalue weighted by Crippen LogP contribution is -2.36. The van der Waals surface area contributed by atoms with Crippen molar-refractivity contribution in [1.29, 1.82) is 0 Å². The number of nitrogens with zero attached hydrogens (tertiary/aromatic N) is 4. The summed E-state index contributed by atoms with van der Waals surface area (Å²) in [4.78, 5) is 17.6. The van der Waals surface area contributed by atoms with Crippen LogP contribution in [0.3, 0.4) is 0 Å². The Labute approximate surface area is 216 Å². The molecule has 2 heterocycles. The normalized spacial score (nSPS) is 18.9. The number of benzene rings is 3. The zero-order valence-electron chi connectivity index (χ0n) is 20.8. The Kier molecular flexibility index (Phi) is 5.72. The Bertz CT molecular complexity index is 1410. The molecule has 2 aromatic heterocycles. The fourth-order valence-corrected chi connectivity index (χ4v) is 5.81. The van der Waals surface area contributed by atoms with Gasteiger partial charge in [-0.15, -0.1) is 0 Å². The highest BCUT2D eigenvalue weighted by atomic mass is 16.5. The highest BCUT2D eigenvalue weighted by Crippen LogP contribution is 2.60. The molecule has 3 aromatic carbocycles. The molecule has 0 N–H and O–H groups in total. The van der Waals surface area contributed by atoms with E-state index >= 15 is 0 Å². The van der Waals surface area contributed by atoms with Crippen LogP contribution >= 0.6 is 0 Å². The molecule has 0 amide bonds. The van der Waals surface area contributed by atoms with Gasteiger partial charge in [0.05, 0.1) is 31.2 Å². The van der Waals surface area contributed by atoms with Gasteiger partial charge in [0.2, 0.25) is 0 Å². The van der Waals surface area contributed by atoms with Crippen LogP contribution in [0.25, 0.3) is 0 Å². The maximum Gasteiger partial charge on any atom is 0.310 e. The second-order valence-electron chi connectivity index (χ2n) is 9.56. The Morgan fingerprint density at radius 2 is 1.35 bits per heavy atom. The van der Waals surface area contributed by atoms with E-state index in [1.807, 2.05) is 44.0 Å². The lowest BCUT2D eigenvalue weighted by Gasteiger charge is -2.37. The fraction of sp³-hybridized carbons (Fsp3) is 0.194. The number of carbonyl (C=O) groups is 1. The number of imidazole rings is 1. The number of methoxy groups -OCH3 is 1. The van der Waals surface area contributed by atoms with E-state index in [-0.39, 0.29) is 23.7 Å². The summed E-state index contributed by atoms with van der Waals surface area (Å²) in [6.45, 7) is 0. The summed E-state index contributed by atoms with van der Waals surface area (Å²) in [6, 6.07) is 31.5. The molecule has 1 aliphatic carbocycles. The lowest BCUT2D eigenvalue weighted by atomic mass is 9.77. The van der Waals surface area contributed by atoms with Gasteiger partial charge in [0.1, 0.15) is 5.54 Å². The first kappa shape index (κ1) is 23.0. The van der Waals surface area contributed by atoms with Crippen molar-refractivity contribution >= 4 is 5.97 Å².